The van der Waals surface area contributed by atoms with Gasteiger partial charge in [0.05, 0.1) is 0 Å². The van der Waals surface area contributed by atoms with Crippen LogP contribution in [-0.4, -0.2) is 26.4 Å². The van der Waals surface area contributed by atoms with Crippen LogP contribution < -0.4 is 0 Å². The number of alkyl halides is 3. The SMILES string of the molecule is CC(C)(C)[Si](C)(C)O[C@H]1CCC[C@]2(C)/C(=C\c3cccc(C(=O)C(F)(F)F)c3)CC[C@@H]12. The lowest BCUT2D eigenvalue weighted by atomic mass is 9.66. The molecule has 0 aliphatic heterocycles. The highest BCUT2D eigenvalue weighted by molar-refractivity contribution is 6.74. The standard InChI is InChI=1S/C25H35F3O2Si/c1-23(2,3)31(5,6)30-21-11-8-14-24(4)19(12-13-20(21)24)16-17-9-7-10-18(15-17)22(29)25(26,27)28/h7,9-10,15-16,20-21H,8,11-14H2,1-6H3/b19-16-/t20-,21-,24+/m0/s1. The van der Waals surface area contributed by atoms with E-state index in [1.54, 1.807) is 6.07 Å². The van der Waals surface area contributed by atoms with Gasteiger partial charge in [-0.3, -0.25) is 4.79 Å². The molecule has 0 amide bonds. The fraction of sp³-hybridized carbons (Fsp3) is 0.640. The first kappa shape index (κ1) is 24.2. The Morgan fingerprint density at radius 3 is 2.48 bits per heavy atom. The van der Waals surface area contributed by atoms with E-state index in [0.717, 1.165) is 32.1 Å². The van der Waals surface area contributed by atoms with Gasteiger partial charge in [0, 0.05) is 11.7 Å². The first-order chi connectivity index (χ1) is 14.1. The summed E-state index contributed by atoms with van der Waals surface area (Å²) in [6, 6.07) is 5.92. The second-order valence-corrected chi connectivity index (χ2v) is 15.7. The van der Waals surface area contributed by atoms with Crippen LogP contribution in [0.5, 0.6) is 0 Å². The molecule has 6 heteroatoms. The van der Waals surface area contributed by atoms with Crippen molar-refractivity contribution in [2.45, 2.75) is 90.2 Å². The zero-order valence-electron chi connectivity index (χ0n) is 19.5. The first-order valence-electron chi connectivity index (χ1n) is 11.3. The van der Waals surface area contributed by atoms with Crippen LogP contribution in [0.1, 0.15) is 75.7 Å². The molecule has 2 saturated carbocycles. The number of fused-ring (bicyclic) bond motifs is 1. The number of hydrogen-bond acceptors (Lipinski definition) is 2. The van der Waals surface area contributed by atoms with Crippen molar-refractivity contribution in [2.24, 2.45) is 11.3 Å². The Labute approximate surface area is 185 Å². The Morgan fingerprint density at radius 1 is 1.19 bits per heavy atom. The molecule has 2 nitrogen and oxygen atoms in total. The number of carbonyl (C=O) groups excluding carboxylic acids is 1. The summed E-state index contributed by atoms with van der Waals surface area (Å²) in [6.45, 7) is 13.7. The average Bonchev–Trinajstić information content (AvgIpc) is 2.96. The van der Waals surface area contributed by atoms with Crippen LogP contribution in [0.4, 0.5) is 13.2 Å². The summed E-state index contributed by atoms with van der Waals surface area (Å²) in [5, 5.41) is 0.156. The largest absolute Gasteiger partial charge is 0.454 e. The number of halogens is 3. The van der Waals surface area contributed by atoms with E-state index >= 15 is 0 Å². The summed E-state index contributed by atoms with van der Waals surface area (Å²) < 4.78 is 45.4. The lowest BCUT2D eigenvalue weighted by molar-refractivity contribution is -0.0885. The van der Waals surface area contributed by atoms with Gasteiger partial charge < -0.3 is 4.43 Å². The van der Waals surface area contributed by atoms with Crippen molar-refractivity contribution in [1.82, 2.24) is 0 Å². The molecule has 0 N–H and O–H groups in total. The molecule has 0 unspecified atom stereocenters. The van der Waals surface area contributed by atoms with Gasteiger partial charge in [-0.25, -0.2) is 0 Å². The van der Waals surface area contributed by atoms with Gasteiger partial charge in [-0.15, -0.1) is 0 Å². The summed E-state index contributed by atoms with van der Waals surface area (Å²) in [5.74, 6) is -1.36. The lowest BCUT2D eigenvalue weighted by Gasteiger charge is -2.47. The van der Waals surface area contributed by atoms with Gasteiger partial charge in [0.2, 0.25) is 0 Å². The van der Waals surface area contributed by atoms with Crippen molar-refractivity contribution in [2.75, 3.05) is 0 Å². The van der Waals surface area contributed by atoms with Crippen LogP contribution in [0, 0.1) is 11.3 Å². The fourth-order valence-electron chi connectivity index (χ4n) is 5.03. The van der Waals surface area contributed by atoms with Crippen LogP contribution in [0.2, 0.25) is 18.1 Å². The Hall–Kier alpha value is -1.40. The maximum absolute atomic E-state index is 12.8. The predicted molar refractivity (Wildman–Crippen MR) is 122 cm³/mol. The molecule has 1 aromatic rings. The molecule has 1 aromatic carbocycles. The molecule has 0 spiro atoms. The number of allylic oxidation sites excluding steroid dienone is 1. The molecule has 172 valence electrons. The van der Waals surface area contributed by atoms with Crippen LogP contribution in [0.25, 0.3) is 6.08 Å². The van der Waals surface area contributed by atoms with Crippen molar-refractivity contribution in [3.8, 4) is 0 Å². The Bertz CT molecular complexity index is 866. The molecule has 3 rings (SSSR count). The molecule has 3 atom stereocenters. The third kappa shape index (κ3) is 4.85. The van der Waals surface area contributed by atoms with E-state index < -0.39 is 20.3 Å². The normalized spacial score (nSPS) is 28.6. The summed E-state index contributed by atoms with van der Waals surface area (Å²) >= 11 is 0. The minimum atomic E-state index is -4.85. The van der Waals surface area contributed by atoms with Gasteiger partial charge in [0.1, 0.15) is 0 Å². The number of hydrogen-bond donors (Lipinski definition) is 0. The predicted octanol–water partition coefficient (Wildman–Crippen LogP) is 7.81. The van der Waals surface area contributed by atoms with Crippen molar-refractivity contribution in [3.63, 3.8) is 0 Å². The van der Waals surface area contributed by atoms with Crippen molar-refractivity contribution in [3.05, 3.63) is 41.0 Å². The minimum Gasteiger partial charge on any atom is -0.414 e. The minimum absolute atomic E-state index is 0.00464. The molecule has 0 radical (unpaired) electrons. The zero-order valence-corrected chi connectivity index (χ0v) is 20.5. The van der Waals surface area contributed by atoms with Crippen LogP contribution in [0.3, 0.4) is 0 Å². The molecule has 0 saturated heterocycles. The monoisotopic (exact) mass is 452 g/mol. The number of rotatable bonds is 4. The average molecular weight is 453 g/mol. The van der Waals surface area contributed by atoms with E-state index in [4.69, 9.17) is 4.43 Å². The Morgan fingerprint density at radius 2 is 1.87 bits per heavy atom. The number of Topliss-reactive ketones (excluding diaryl/α,β-unsaturated/α-hetero) is 1. The molecule has 0 bridgehead atoms. The highest BCUT2D eigenvalue weighted by Crippen LogP contribution is 2.57. The lowest BCUT2D eigenvalue weighted by Crippen LogP contribution is -2.49. The van der Waals surface area contributed by atoms with Crippen LogP contribution in [0.15, 0.2) is 29.8 Å². The molecule has 2 aliphatic rings. The van der Waals surface area contributed by atoms with Crippen molar-refractivity contribution < 1.29 is 22.4 Å². The van der Waals surface area contributed by atoms with Gasteiger partial charge in [-0.2, -0.15) is 13.2 Å². The smallest absolute Gasteiger partial charge is 0.414 e. The highest BCUT2D eigenvalue weighted by Gasteiger charge is 2.51. The Kier molecular flexibility index (Phi) is 6.40. The second kappa shape index (κ2) is 8.18. The molecular formula is C25H35F3O2Si. The molecule has 0 aromatic heterocycles. The highest BCUT2D eigenvalue weighted by atomic mass is 28.4. The molecule has 31 heavy (non-hydrogen) atoms. The van der Waals surface area contributed by atoms with Crippen molar-refractivity contribution >= 4 is 20.2 Å². The zero-order chi connectivity index (χ0) is 23.2. The Balaban J connectivity index is 1.86. The first-order valence-corrected chi connectivity index (χ1v) is 14.2. The number of benzene rings is 1. The summed E-state index contributed by atoms with van der Waals surface area (Å²) in [4.78, 5) is 11.6. The molecule has 2 aliphatic carbocycles. The van der Waals surface area contributed by atoms with Crippen molar-refractivity contribution in [1.29, 1.82) is 0 Å². The van der Waals surface area contributed by atoms with E-state index in [-0.39, 0.29) is 22.1 Å². The number of carbonyl (C=O) groups is 1. The molecular weight excluding hydrogens is 417 g/mol. The van der Waals surface area contributed by atoms with Gasteiger partial charge in [-0.05, 0) is 66.8 Å². The van der Waals surface area contributed by atoms with Gasteiger partial charge in [-0.1, -0.05) is 64.0 Å². The molecule has 0 heterocycles. The van der Waals surface area contributed by atoms with Gasteiger partial charge in [0.25, 0.3) is 5.78 Å². The van der Waals surface area contributed by atoms with E-state index in [1.807, 2.05) is 6.08 Å². The van der Waals surface area contributed by atoms with Crippen LogP contribution >= 0.6 is 0 Å². The van der Waals surface area contributed by atoms with E-state index in [0.29, 0.717) is 11.5 Å². The number of ketones is 1. The fourth-order valence-corrected chi connectivity index (χ4v) is 6.43. The third-order valence-corrected chi connectivity index (χ3v) is 12.4. The maximum Gasteiger partial charge on any atom is 0.454 e. The second-order valence-electron chi connectivity index (χ2n) is 11.0. The van der Waals surface area contributed by atoms with E-state index in [1.165, 1.54) is 23.8 Å². The van der Waals surface area contributed by atoms with E-state index in [2.05, 4.69) is 40.8 Å². The van der Waals surface area contributed by atoms with Crippen LogP contribution in [-0.2, 0) is 4.43 Å². The quantitative estimate of drug-likeness (QED) is 0.344. The van der Waals surface area contributed by atoms with Gasteiger partial charge in [0.15, 0.2) is 8.32 Å². The summed E-state index contributed by atoms with van der Waals surface area (Å²) in [6.07, 6.45) is 2.62. The summed E-state index contributed by atoms with van der Waals surface area (Å²) in [5.41, 5.74) is 1.64. The summed E-state index contributed by atoms with van der Waals surface area (Å²) in [7, 11) is -1.88. The molecule has 2 fully saturated rings. The van der Waals surface area contributed by atoms with E-state index in [9.17, 15) is 18.0 Å². The topological polar surface area (TPSA) is 26.3 Å². The third-order valence-electron chi connectivity index (χ3n) is 7.91. The van der Waals surface area contributed by atoms with Gasteiger partial charge >= 0.3 is 6.18 Å². The maximum atomic E-state index is 12.8.